The van der Waals surface area contributed by atoms with Gasteiger partial charge in [0.15, 0.2) is 6.10 Å². The molecule has 94 valence electrons. The number of carbonyl (C=O) groups excluding carboxylic acids is 1. The van der Waals surface area contributed by atoms with Crippen LogP contribution in [0.4, 0.5) is 4.79 Å². The number of carboxylic acids is 1. The van der Waals surface area contributed by atoms with Gasteiger partial charge in [0.25, 0.3) is 0 Å². The molecule has 0 fully saturated rings. The molecular weight excluding hydrogens is 312 g/mol. The molecule has 0 saturated heterocycles. The first kappa shape index (κ1) is 13.9. The summed E-state index contributed by atoms with van der Waals surface area (Å²) in [6.07, 6.45) is -1.59. The van der Waals surface area contributed by atoms with Gasteiger partial charge in [-0.25, -0.2) is 9.59 Å². The summed E-state index contributed by atoms with van der Waals surface area (Å²) >= 11 is 4.81. The van der Waals surface area contributed by atoms with E-state index in [0.29, 0.717) is 6.54 Å². The summed E-state index contributed by atoms with van der Waals surface area (Å²) in [5.74, 6) is -1.37. The van der Waals surface area contributed by atoms with Gasteiger partial charge in [0.05, 0.1) is 13.1 Å². The number of aliphatic hydroxyl groups excluding tert-OH is 1. The smallest absolute Gasteiger partial charge is 0.334 e. The summed E-state index contributed by atoms with van der Waals surface area (Å²) < 4.78 is 0.911. The number of rotatable bonds is 5. The number of urea groups is 1. The lowest BCUT2D eigenvalue weighted by Gasteiger charge is -2.08. The maximum absolute atomic E-state index is 11.2. The molecule has 1 rings (SSSR count). The van der Waals surface area contributed by atoms with Gasteiger partial charge in [-0.2, -0.15) is 0 Å². The summed E-state index contributed by atoms with van der Waals surface area (Å²) in [6.45, 7) is 0.0139. The van der Waals surface area contributed by atoms with Crippen LogP contribution in [0.3, 0.4) is 0 Å². The topological polar surface area (TPSA) is 98.7 Å². The zero-order valence-electron chi connectivity index (χ0n) is 8.64. The van der Waals surface area contributed by atoms with Crippen molar-refractivity contribution in [3.63, 3.8) is 0 Å². The third-order valence-corrected chi connectivity index (χ3v) is 3.77. The van der Waals surface area contributed by atoms with Gasteiger partial charge >= 0.3 is 12.0 Å². The van der Waals surface area contributed by atoms with E-state index in [-0.39, 0.29) is 6.54 Å². The molecule has 0 aromatic carbocycles. The standard InChI is InChI=1S/C9H11BrN2O4S/c10-5-1-2-17-7(5)4-12-9(16)11-3-6(13)8(14)15/h1-2,6,13H,3-4H2,(H,14,15)(H2,11,12,16). The van der Waals surface area contributed by atoms with Crippen LogP contribution >= 0.6 is 27.3 Å². The minimum Gasteiger partial charge on any atom is -0.479 e. The number of hydrogen-bond donors (Lipinski definition) is 4. The predicted octanol–water partition coefficient (Wildman–Crippen LogP) is 0.755. The summed E-state index contributed by atoms with van der Waals surface area (Å²) in [5.41, 5.74) is 0. The van der Waals surface area contributed by atoms with E-state index >= 15 is 0 Å². The Labute approximate surface area is 110 Å². The molecular formula is C9H11BrN2O4S. The largest absolute Gasteiger partial charge is 0.479 e. The van der Waals surface area contributed by atoms with E-state index in [1.165, 1.54) is 11.3 Å². The van der Waals surface area contributed by atoms with Gasteiger partial charge in [-0.05, 0) is 27.4 Å². The Bertz CT molecular complexity index is 409. The highest BCUT2D eigenvalue weighted by atomic mass is 79.9. The first-order valence-electron chi connectivity index (χ1n) is 4.65. The number of nitrogens with one attached hydrogen (secondary N) is 2. The van der Waals surface area contributed by atoms with Crippen molar-refractivity contribution in [3.8, 4) is 0 Å². The summed E-state index contributed by atoms with van der Waals surface area (Å²) in [4.78, 5) is 22.5. The SMILES string of the molecule is O=C(NCc1sccc1Br)NCC(O)C(=O)O. The first-order valence-corrected chi connectivity index (χ1v) is 6.32. The minimum absolute atomic E-state index is 0.327. The molecule has 1 heterocycles. The highest BCUT2D eigenvalue weighted by Gasteiger charge is 2.13. The number of carbonyl (C=O) groups is 2. The maximum Gasteiger partial charge on any atom is 0.334 e. The molecule has 1 atom stereocenters. The molecule has 0 spiro atoms. The second kappa shape index (κ2) is 6.58. The monoisotopic (exact) mass is 322 g/mol. The van der Waals surface area contributed by atoms with Gasteiger partial charge in [0.1, 0.15) is 0 Å². The fourth-order valence-electron chi connectivity index (χ4n) is 0.951. The number of hydrogen-bond acceptors (Lipinski definition) is 4. The zero-order chi connectivity index (χ0) is 12.8. The average molecular weight is 323 g/mol. The third-order valence-electron chi connectivity index (χ3n) is 1.84. The number of amides is 2. The molecule has 0 aliphatic heterocycles. The molecule has 0 aliphatic rings. The molecule has 0 radical (unpaired) electrons. The van der Waals surface area contributed by atoms with Crippen LogP contribution in [0.15, 0.2) is 15.9 Å². The number of thiophene rings is 1. The summed E-state index contributed by atoms with van der Waals surface area (Å²) in [6, 6.07) is 1.35. The Morgan fingerprint density at radius 3 is 2.71 bits per heavy atom. The lowest BCUT2D eigenvalue weighted by Crippen LogP contribution is -2.41. The van der Waals surface area contributed by atoms with Gasteiger partial charge in [-0.3, -0.25) is 0 Å². The van der Waals surface area contributed by atoms with Crippen LogP contribution in [0.1, 0.15) is 4.88 Å². The lowest BCUT2D eigenvalue weighted by atomic mass is 10.4. The van der Waals surface area contributed by atoms with E-state index in [9.17, 15) is 9.59 Å². The molecule has 0 bridgehead atoms. The Hall–Kier alpha value is -1.12. The molecule has 8 heteroatoms. The highest BCUT2D eigenvalue weighted by Crippen LogP contribution is 2.21. The van der Waals surface area contributed by atoms with E-state index in [1.807, 2.05) is 11.4 Å². The second-order valence-corrected chi connectivity index (χ2v) is 4.96. The quantitative estimate of drug-likeness (QED) is 0.643. The number of aliphatic carboxylic acids is 1. The van der Waals surface area contributed by atoms with Crippen LogP contribution in [-0.4, -0.2) is 34.9 Å². The van der Waals surface area contributed by atoms with Gasteiger partial charge in [0.2, 0.25) is 0 Å². The molecule has 0 saturated carbocycles. The number of halogens is 1. The van der Waals surface area contributed by atoms with Crippen molar-refractivity contribution in [3.05, 3.63) is 20.8 Å². The number of carboxylic acid groups (broad SMARTS) is 1. The molecule has 1 unspecified atom stereocenters. The maximum atomic E-state index is 11.2. The van der Waals surface area contributed by atoms with Gasteiger partial charge < -0.3 is 20.8 Å². The minimum atomic E-state index is -1.59. The van der Waals surface area contributed by atoms with E-state index < -0.39 is 18.1 Å². The number of aliphatic hydroxyl groups is 1. The Morgan fingerprint density at radius 2 is 2.18 bits per heavy atom. The van der Waals surface area contributed by atoms with E-state index in [1.54, 1.807) is 0 Å². The first-order chi connectivity index (χ1) is 8.00. The summed E-state index contributed by atoms with van der Waals surface area (Å²) in [5, 5.41) is 24.0. The van der Waals surface area contributed by atoms with Crippen molar-refractivity contribution in [2.75, 3.05) is 6.54 Å². The van der Waals surface area contributed by atoms with Crippen LogP contribution in [0.2, 0.25) is 0 Å². The zero-order valence-corrected chi connectivity index (χ0v) is 11.0. The predicted molar refractivity (Wildman–Crippen MR) is 65.9 cm³/mol. The molecule has 17 heavy (non-hydrogen) atoms. The molecule has 4 N–H and O–H groups in total. The normalized spacial score (nSPS) is 11.9. The fourth-order valence-corrected chi connectivity index (χ4v) is 2.38. The molecule has 0 aliphatic carbocycles. The van der Waals surface area contributed by atoms with Gasteiger partial charge in [-0.1, -0.05) is 0 Å². The van der Waals surface area contributed by atoms with Crippen LogP contribution in [-0.2, 0) is 11.3 Å². The molecule has 1 aromatic heterocycles. The molecule has 1 aromatic rings. The van der Waals surface area contributed by atoms with Crippen LogP contribution < -0.4 is 10.6 Å². The van der Waals surface area contributed by atoms with Crippen LogP contribution in [0, 0.1) is 0 Å². The van der Waals surface area contributed by atoms with Crippen molar-refractivity contribution >= 4 is 39.3 Å². The average Bonchev–Trinajstić information content (AvgIpc) is 2.68. The van der Waals surface area contributed by atoms with Crippen molar-refractivity contribution in [1.29, 1.82) is 0 Å². The van der Waals surface area contributed by atoms with Gasteiger partial charge in [0, 0.05) is 9.35 Å². The van der Waals surface area contributed by atoms with E-state index in [0.717, 1.165) is 9.35 Å². The Morgan fingerprint density at radius 1 is 1.47 bits per heavy atom. The van der Waals surface area contributed by atoms with Crippen LogP contribution in [0.5, 0.6) is 0 Å². The van der Waals surface area contributed by atoms with Crippen molar-refractivity contribution in [2.45, 2.75) is 12.6 Å². The second-order valence-electron chi connectivity index (χ2n) is 3.11. The fraction of sp³-hybridized carbons (Fsp3) is 0.333. The lowest BCUT2D eigenvalue weighted by molar-refractivity contribution is -0.146. The van der Waals surface area contributed by atoms with Crippen molar-refractivity contribution in [1.82, 2.24) is 10.6 Å². The molecule has 6 nitrogen and oxygen atoms in total. The third kappa shape index (κ3) is 4.72. The van der Waals surface area contributed by atoms with Crippen molar-refractivity contribution < 1.29 is 19.8 Å². The van der Waals surface area contributed by atoms with E-state index in [2.05, 4.69) is 26.6 Å². The van der Waals surface area contributed by atoms with Gasteiger partial charge in [-0.15, -0.1) is 11.3 Å². The highest BCUT2D eigenvalue weighted by molar-refractivity contribution is 9.10. The van der Waals surface area contributed by atoms with Crippen molar-refractivity contribution in [2.24, 2.45) is 0 Å². The van der Waals surface area contributed by atoms with E-state index in [4.69, 9.17) is 10.2 Å². The Balaban J connectivity index is 2.27. The van der Waals surface area contributed by atoms with Crippen LogP contribution in [0.25, 0.3) is 0 Å². The summed E-state index contributed by atoms with van der Waals surface area (Å²) in [7, 11) is 0. The Kier molecular flexibility index (Phi) is 5.39. The molecule has 2 amide bonds.